The summed E-state index contributed by atoms with van der Waals surface area (Å²) in [4.78, 5) is 11.1. The number of hydrogen-bond acceptors (Lipinski definition) is 2. The molecule has 0 heterocycles. The summed E-state index contributed by atoms with van der Waals surface area (Å²) in [6, 6.07) is 7.00. The zero-order valence-corrected chi connectivity index (χ0v) is 11.2. The molecule has 18 heavy (non-hydrogen) atoms. The minimum absolute atomic E-state index is 0.253. The van der Waals surface area contributed by atoms with Crippen LogP contribution < -0.4 is 5.73 Å². The smallest absolute Gasteiger partial charge is 0.248 e. The molecule has 0 aromatic heterocycles. The fourth-order valence-electron chi connectivity index (χ4n) is 2.35. The normalized spacial score (nSPS) is 12.7. The highest BCUT2D eigenvalue weighted by Crippen LogP contribution is 2.29. The SMILES string of the molecule is CCCC(CCC)C(O)c1cccc(C(N)=O)c1. The molecule has 1 unspecified atom stereocenters. The van der Waals surface area contributed by atoms with Crippen molar-refractivity contribution in [3.8, 4) is 0 Å². The molecule has 1 aromatic rings. The molecular formula is C15H23NO2. The van der Waals surface area contributed by atoms with E-state index in [-0.39, 0.29) is 5.92 Å². The second kappa shape index (κ2) is 7.17. The molecule has 0 aliphatic rings. The van der Waals surface area contributed by atoms with Crippen molar-refractivity contribution in [2.24, 2.45) is 11.7 Å². The third kappa shape index (κ3) is 3.84. The topological polar surface area (TPSA) is 63.3 Å². The van der Waals surface area contributed by atoms with E-state index >= 15 is 0 Å². The fraction of sp³-hybridized carbons (Fsp3) is 0.533. The highest BCUT2D eigenvalue weighted by atomic mass is 16.3. The van der Waals surface area contributed by atoms with Crippen LogP contribution in [0.15, 0.2) is 24.3 Å². The first-order valence-corrected chi connectivity index (χ1v) is 6.68. The summed E-state index contributed by atoms with van der Waals surface area (Å²) >= 11 is 0. The highest BCUT2D eigenvalue weighted by molar-refractivity contribution is 5.92. The summed E-state index contributed by atoms with van der Waals surface area (Å²) in [5.74, 6) is -0.199. The molecule has 3 heteroatoms. The second-order valence-corrected chi connectivity index (χ2v) is 4.77. The Bertz CT molecular complexity index is 384. The molecule has 0 fully saturated rings. The Balaban J connectivity index is 2.89. The Morgan fingerprint density at radius 1 is 1.28 bits per heavy atom. The van der Waals surface area contributed by atoms with E-state index in [1.807, 2.05) is 6.07 Å². The average Bonchev–Trinajstić information content (AvgIpc) is 2.38. The van der Waals surface area contributed by atoms with Gasteiger partial charge in [0.1, 0.15) is 0 Å². The van der Waals surface area contributed by atoms with Crippen LogP contribution >= 0.6 is 0 Å². The molecule has 0 spiro atoms. The van der Waals surface area contributed by atoms with Crippen molar-refractivity contribution < 1.29 is 9.90 Å². The predicted octanol–water partition coefficient (Wildman–Crippen LogP) is 3.04. The van der Waals surface area contributed by atoms with Gasteiger partial charge in [0.15, 0.2) is 0 Å². The van der Waals surface area contributed by atoms with Crippen LogP contribution in [0.25, 0.3) is 0 Å². The molecule has 1 amide bonds. The molecule has 0 aliphatic carbocycles. The second-order valence-electron chi connectivity index (χ2n) is 4.77. The quantitative estimate of drug-likeness (QED) is 0.780. The van der Waals surface area contributed by atoms with Crippen LogP contribution in [0.3, 0.4) is 0 Å². The van der Waals surface area contributed by atoms with Crippen LogP contribution in [-0.2, 0) is 0 Å². The Kier molecular flexibility index (Phi) is 5.86. The van der Waals surface area contributed by atoms with Gasteiger partial charge in [0, 0.05) is 5.56 Å². The number of aliphatic hydroxyl groups is 1. The van der Waals surface area contributed by atoms with Crippen LogP contribution in [0.5, 0.6) is 0 Å². The van der Waals surface area contributed by atoms with Gasteiger partial charge in [-0.3, -0.25) is 4.79 Å². The first-order chi connectivity index (χ1) is 8.60. The molecular weight excluding hydrogens is 226 g/mol. The van der Waals surface area contributed by atoms with Gasteiger partial charge in [0.05, 0.1) is 6.10 Å². The van der Waals surface area contributed by atoms with Crippen LogP contribution in [0.2, 0.25) is 0 Å². The van der Waals surface area contributed by atoms with Gasteiger partial charge in [0.25, 0.3) is 0 Å². The molecule has 0 bridgehead atoms. The van der Waals surface area contributed by atoms with Crippen LogP contribution in [0.1, 0.15) is 61.6 Å². The fourth-order valence-corrected chi connectivity index (χ4v) is 2.35. The summed E-state index contributed by atoms with van der Waals surface area (Å²) < 4.78 is 0. The van der Waals surface area contributed by atoms with Crippen LogP contribution in [-0.4, -0.2) is 11.0 Å². The molecule has 3 N–H and O–H groups in total. The summed E-state index contributed by atoms with van der Waals surface area (Å²) in [5, 5.41) is 10.4. The van der Waals surface area contributed by atoms with Gasteiger partial charge in [-0.25, -0.2) is 0 Å². The highest BCUT2D eigenvalue weighted by Gasteiger charge is 2.19. The first kappa shape index (κ1) is 14.7. The molecule has 1 atom stereocenters. The van der Waals surface area contributed by atoms with Crippen LogP contribution in [0, 0.1) is 5.92 Å². The Labute approximate surface area is 109 Å². The molecule has 1 aromatic carbocycles. The van der Waals surface area contributed by atoms with E-state index in [0.717, 1.165) is 31.2 Å². The Hall–Kier alpha value is -1.35. The number of primary amides is 1. The largest absolute Gasteiger partial charge is 0.388 e. The lowest BCUT2D eigenvalue weighted by Gasteiger charge is -2.22. The van der Waals surface area contributed by atoms with Gasteiger partial charge < -0.3 is 10.8 Å². The van der Waals surface area contributed by atoms with Crippen LogP contribution in [0.4, 0.5) is 0 Å². The van der Waals surface area contributed by atoms with E-state index < -0.39 is 12.0 Å². The van der Waals surface area contributed by atoms with E-state index in [0.29, 0.717) is 5.56 Å². The number of hydrogen-bond donors (Lipinski definition) is 2. The lowest BCUT2D eigenvalue weighted by molar-refractivity contribution is 0.0957. The summed E-state index contributed by atoms with van der Waals surface area (Å²) in [6.07, 6.45) is 3.59. The first-order valence-electron chi connectivity index (χ1n) is 6.68. The average molecular weight is 249 g/mol. The van der Waals surface area contributed by atoms with Crippen molar-refractivity contribution in [2.45, 2.75) is 45.6 Å². The zero-order chi connectivity index (χ0) is 13.5. The van der Waals surface area contributed by atoms with Gasteiger partial charge in [-0.05, 0) is 36.5 Å². The monoisotopic (exact) mass is 249 g/mol. The lowest BCUT2D eigenvalue weighted by Crippen LogP contribution is -2.15. The summed E-state index contributed by atoms with van der Waals surface area (Å²) in [5.41, 5.74) is 6.50. The summed E-state index contributed by atoms with van der Waals surface area (Å²) in [6.45, 7) is 4.24. The number of carbonyl (C=O) groups is 1. The maximum atomic E-state index is 11.1. The number of carbonyl (C=O) groups excluding carboxylic acids is 1. The van der Waals surface area contributed by atoms with Gasteiger partial charge in [-0.15, -0.1) is 0 Å². The van der Waals surface area contributed by atoms with E-state index in [1.54, 1.807) is 18.2 Å². The standard InChI is InChI=1S/C15H23NO2/c1-3-6-11(7-4-2)14(17)12-8-5-9-13(10-12)15(16)18/h5,8-11,14,17H,3-4,6-7H2,1-2H3,(H2,16,18). The van der Waals surface area contributed by atoms with Gasteiger partial charge in [-0.2, -0.15) is 0 Å². The number of rotatable bonds is 7. The van der Waals surface area contributed by atoms with Gasteiger partial charge >= 0.3 is 0 Å². The van der Waals surface area contributed by atoms with Crippen molar-refractivity contribution in [2.75, 3.05) is 0 Å². The zero-order valence-electron chi connectivity index (χ0n) is 11.2. The molecule has 100 valence electrons. The summed E-state index contributed by atoms with van der Waals surface area (Å²) in [7, 11) is 0. The molecule has 1 rings (SSSR count). The van der Waals surface area contributed by atoms with Crippen molar-refractivity contribution in [1.29, 1.82) is 0 Å². The molecule has 0 saturated heterocycles. The van der Waals surface area contributed by atoms with E-state index in [2.05, 4.69) is 13.8 Å². The Morgan fingerprint density at radius 2 is 1.89 bits per heavy atom. The van der Waals surface area contributed by atoms with Crippen molar-refractivity contribution in [3.63, 3.8) is 0 Å². The number of aliphatic hydroxyl groups excluding tert-OH is 1. The lowest BCUT2D eigenvalue weighted by atomic mass is 9.88. The third-order valence-corrected chi connectivity index (χ3v) is 3.28. The van der Waals surface area contributed by atoms with E-state index in [4.69, 9.17) is 5.73 Å². The van der Waals surface area contributed by atoms with E-state index in [1.165, 1.54) is 0 Å². The molecule has 0 aliphatic heterocycles. The predicted molar refractivity (Wildman–Crippen MR) is 73.2 cm³/mol. The maximum absolute atomic E-state index is 11.1. The molecule has 0 radical (unpaired) electrons. The van der Waals surface area contributed by atoms with E-state index in [9.17, 15) is 9.90 Å². The van der Waals surface area contributed by atoms with Crippen molar-refractivity contribution in [3.05, 3.63) is 35.4 Å². The minimum Gasteiger partial charge on any atom is -0.388 e. The number of nitrogens with two attached hydrogens (primary N) is 1. The number of amides is 1. The third-order valence-electron chi connectivity index (χ3n) is 3.28. The van der Waals surface area contributed by atoms with Gasteiger partial charge in [0.2, 0.25) is 5.91 Å². The van der Waals surface area contributed by atoms with Crippen molar-refractivity contribution >= 4 is 5.91 Å². The molecule has 3 nitrogen and oxygen atoms in total. The molecule has 0 saturated carbocycles. The number of benzene rings is 1. The van der Waals surface area contributed by atoms with Crippen molar-refractivity contribution in [1.82, 2.24) is 0 Å². The minimum atomic E-state index is -0.510. The Morgan fingerprint density at radius 3 is 2.39 bits per heavy atom. The van der Waals surface area contributed by atoms with Gasteiger partial charge in [-0.1, -0.05) is 38.8 Å². The maximum Gasteiger partial charge on any atom is 0.248 e.